The van der Waals surface area contributed by atoms with Crippen LogP contribution in [-0.4, -0.2) is 40.5 Å². The van der Waals surface area contributed by atoms with Gasteiger partial charge in [0.25, 0.3) is 5.56 Å². The molecule has 2 aromatic heterocycles. The van der Waals surface area contributed by atoms with E-state index >= 15 is 0 Å². The average molecular weight is 368 g/mol. The van der Waals surface area contributed by atoms with E-state index in [4.69, 9.17) is 4.52 Å². The number of hydrogen-bond acceptors (Lipinski definition) is 6. The average Bonchev–Trinajstić information content (AvgIpc) is 2.96. The van der Waals surface area contributed by atoms with Crippen LogP contribution >= 0.6 is 0 Å². The highest BCUT2D eigenvalue weighted by Gasteiger charge is 2.22. The van der Waals surface area contributed by atoms with E-state index in [-0.39, 0.29) is 22.9 Å². The van der Waals surface area contributed by atoms with Gasteiger partial charge in [0.15, 0.2) is 5.82 Å². The van der Waals surface area contributed by atoms with Crippen molar-refractivity contribution in [1.29, 1.82) is 0 Å². The van der Waals surface area contributed by atoms with E-state index < -0.39 is 10.0 Å². The molecule has 0 radical (unpaired) electrons. The highest BCUT2D eigenvalue weighted by molar-refractivity contribution is 7.89. The van der Waals surface area contributed by atoms with E-state index in [1.807, 2.05) is 13.8 Å². The number of sulfonamides is 1. The quantitative estimate of drug-likeness (QED) is 0.700. The van der Waals surface area contributed by atoms with Gasteiger partial charge >= 0.3 is 0 Å². The topological polar surface area (TPSA) is 98.3 Å². The first-order valence-electron chi connectivity index (χ1n) is 8.30. The summed E-state index contributed by atoms with van der Waals surface area (Å²) in [5, 5.41) is 3.88. The molecule has 138 valence electrons. The molecular weight excluding hydrogens is 344 g/mol. The van der Waals surface area contributed by atoms with E-state index in [9.17, 15) is 13.2 Å². The standard InChI is InChI=1S/C16H24N4O4S/c1-5-20(6-2)25(22,23)13-7-8-16(21)19(10-13)11-15-17-14(18-24-15)9-12(3)4/h7-8,10,12H,5-6,9,11H2,1-4H3. The summed E-state index contributed by atoms with van der Waals surface area (Å²) in [5.41, 5.74) is -0.331. The molecule has 0 amide bonds. The van der Waals surface area contributed by atoms with Gasteiger partial charge in [-0.3, -0.25) is 4.79 Å². The molecule has 0 aliphatic heterocycles. The smallest absolute Gasteiger partial charge is 0.251 e. The third-order valence-electron chi connectivity index (χ3n) is 3.71. The summed E-state index contributed by atoms with van der Waals surface area (Å²) in [7, 11) is -3.64. The lowest BCUT2D eigenvalue weighted by Crippen LogP contribution is -2.32. The molecule has 0 fully saturated rings. The van der Waals surface area contributed by atoms with Crippen LogP contribution in [0.5, 0.6) is 0 Å². The van der Waals surface area contributed by atoms with Crippen molar-refractivity contribution in [3.8, 4) is 0 Å². The lowest BCUT2D eigenvalue weighted by Gasteiger charge is -2.18. The van der Waals surface area contributed by atoms with Gasteiger partial charge in [-0.2, -0.15) is 9.29 Å². The molecule has 0 aromatic carbocycles. The van der Waals surface area contributed by atoms with Crippen molar-refractivity contribution in [3.05, 3.63) is 40.4 Å². The molecule has 0 atom stereocenters. The molecule has 2 rings (SSSR count). The van der Waals surface area contributed by atoms with Gasteiger partial charge in [0.2, 0.25) is 15.9 Å². The minimum Gasteiger partial charge on any atom is -0.337 e. The number of aromatic nitrogens is 3. The molecule has 0 aliphatic carbocycles. The zero-order valence-electron chi connectivity index (χ0n) is 15.0. The lowest BCUT2D eigenvalue weighted by atomic mass is 10.1. The van der Waals surface area contributed by atoms with Gasteiger partial charge < -0.3 is 9.09 Å². The van der Waals surface area contributed by atoms with Gasteiger partial charge in [-0.15, -0.1) is 0 Å². The molecular formula is C16H24N4O4S. The van der Waals surface area contributed by atoms with E-state index in [0.717, 1.165) is 0 Å². The van der Waals surface area contributed by atoms with Gasteiger partial charge in [0.1, 0.15) is 6.54 Å². The Bertz CT molecular complexity index is 866. The van der Waals surface area contributed by atoms with Crippen LogP contribution in [-0.2, 0) is 23.0 Å². The van der Waals surface area contributed by atoms with Crippen molar-refractivity contribution >= 4 is 10.0 Å². The van der Waals surface area contributed by atoms with Crippen molar-refractivity contribution < 1.29 is 12.9 Å². The van der Waals surface area contributed by atoms with Crippen molar-refractivity contribution in [2.45, 2.75) is 45.6 Å². The minimum absolute atomic E-state index is 0.0333. The molecule has 0 spiro atoms. The van der Waals surface area contributed by atoms with E-state index in [1.165, 1.54) is 27.2 Å². The van der Waals surface area contributed by atoms with Crippen molar-refractivity contribution in [3.63, 3.8) is 0 Å². The summed E-state index contributed by atoms with van der Waals surface area (Å²) >= 11 is 0. The predicted octanol–water partition coefficient (Wildman–Crippen LogP) is 1.51. The predicted molar refractivity (Wildman–Crippen MR) is 92.8 cm³/mol. The Balaban J connectivity index is 2.31. The number of nitrogens with zero attached hydrogens (tertiary/aromatic N) is 4. The van der Waals surface area contributed by atoms with E-state index in [2.05, 4.69) is 10.1 Å². The van der Waals surface area contributed by atoms with Crippen LogP contribution in [0.2, 0.25) is 0 Å². The van der Waals surface area contributed by atoms with Gasteiger partial charge in [-0.1, -0.05) is 32.9 Å². The molecule has 2 aromatic rings. The second-order valence-electron chi connectivity index (χ2n) is 6.12. The maximum Gasteiger partial charge on any atom is 0.251 e. The lowest BCUT2D eigenvalue weighted by molar-refractivity contribution is 0.362. The Morgan fingerprint density at radius 3 is 2.52 bits per heavy atom. The SMILES string of the molecule is CCN(CC)S(=O)(=O)c1ccc(=O)n(Cc2nc(CC(C)C)no2)c1. The molecule has 2 heterocycles. The third-order valence-corrected chi connectivity index (χ3v) is 5.74. The van der Waals surface area contributed by atoms with Crippen LogP contribution in [0.3, 0.4) is 0 Å². The normalized spacial score (nSPS) is 12.2. The maximum atomic E-state index is 12.6. The molecule has 0 bridgehead atoms. The Hall–Kier alpha value is -2.00. The zero-order valence-corrected chi connectivity index (χ0v) is 15.8. The summed E-state index contributed by atoms with van der Waals surface area (Å²) in [5.74, 6) is 1.23. The Labute approximate surface area is 147 Å². The fourth-order valence-corrected chi connectivity index (χ4v) is 3.92. The van der Waals surface area contributed by atoms with Gasteiger partial charge in [0, 0.05) is 31.8 Å². The highest BCUT2D eigenvalue weighted by atomic mass is 32.2. The number of hydrogen-bond donors (Lipinski definition) is 0. The molecule has 8 nitrogen and oxygen atoms in total. The van der Waals surface area contributed by atoms with Crippen LogP contribution < -0.4 is 5.56 Å². The molecule has 0 saturated heterocycles. The molecule has 9 heteroatoms. The summed E-state index contributed by atoms with van der Waals surface area (Å²) in [6, 6.07) is 2.56. The van der Waals surface area contributed by atoms with Crippen LogP contribution in [0.1, 0.15) is 39.4 Å². The van der Waals surface area contributed by atoms with E-state index in [1.54, 1.807) is 13.8 Å². The first-order chi connectivity index (χ1) is 11.8. The second-order valence-corrected chi connectivity index (χ2v) is 8.06. The summed E-state index contributed by atoms with van der Waals surface area (Å²) < 4.78 is 33.0. The summed E-state index contributed by atoms with van der Waals surface area (Å²) in [6.45, 7) is 8.38. The van der Waals surface area contributed by atoms with Crippen molar-refractivity contribution in [1.82, 2.24) is 19.0 Å². The van der Waals surface area contributed by atoms with Crippen molar-refractivity contribution in [2.75, 3.05) is 13.1 Å². The maximum absolute atomic E-state index is 12.6. The summed E-state index contributed by atoms with van der Waals surface area (Å²) in [6.07, 6.45) is 2.00. The molecule has 0 N–H and O–H groups in total. The van der Waals surface area contributed by atoms with Gasteiger partial charge in [0.05, 0.1) is 4.90 Å². The number of rotatable bonds is 8. The van der Waals surface area contributed by atoms with Gasteiger partial charge in [-0.05, 0) is 12.0 Å². The molecule has 0 saturated carbocycles. The fraction of sp³-hybridized carbons (Fsp3) is 0.562. The zero-order chi connectivity index (χ0) is 18.6. The van der Waals surface area contributed by atoms with E-state index in [0.29, 0.717) is 31.3 Å². The Morgan fingerprint density at radius 1 is 1.24 bits per heavy atom. The minimum atomic E-state index is -3.64. The Morgan fingerprint density at radius 2 is 1.92 bits per heavy atom. The van der Waals surface area contributed by atoms with Crippen LogP contribution in [0.4, 0.5) is 0 Å². The first kappa shape index (κ1) is 19.3. The number of pyridine rings is 1. The second kappa shape index (κ2) is 7.92. The van der Waals surface area contributed by atoms with Gasteiger partial charge in [-0.25, -0.2) is 8.42 Å². The van der Waals surface area contributed by atoms with Crippen molar-refractivity contribution in [2.24, 2.45) is 5.92 Å². The highest BCUT2D eigenvalue weighted by Crippen LogP contribution is 2.14. The summed E-state index contributed by atoms with van der Waals surface area (Å²) in [4.78, 5) is 16.4. The molecule has 0 aliphatic rings. The third kappa shape index (κ3) is 4.55. The van der Waals surface area contributed by atoms with Crippen LogP contribution in [0.25, 0.3) is 0 Å². The first-order valence-corrected chi connectivity index (χ1v) is 9.74. The molecule has 0 unspecified atom stereocenters. The largest absolute Gasteiger partial charge is 0.337 e. The fourth-order valence-electron chi connectivity index (χ4n) is 2.45. The monoisotopic (exact) mass is 368 g/mol. The van der Waals surface area contributed by atoms with Crippen LogP contribution in [0, 0.1) is 5.92 Å². The molecule has 25 heavy (non-hydrogen) atoms. The van der Waals surface area contributed by atoms with Crippen LogP contribution in [0.15, 0.2) is 32.5 Å². The Kier molecular flexibility index (Phi) is 6.12.